The number of aliphatic hydroxyl groups excluding tert-OH is 1. The Morgan fingerprint density at radius 2 is 1.76 bits per heavy atom. The van der Waals surface area contributed by atoms with Crippen LogP contribution in [0, 0.1) is 34.5 Å². The second-order valence-electron chi connectivity index (χ2n) is 10.8. The fourth-order valence-electron chi connectivity index (χ4n) is 8.06. The molecule has 0 heterocycles. The van der Waals surface area contributed by atoms with Crippen LogP contribution in [-0.2, 0) is 0 Å². The van der Waals surface area contributed by atoms with Gasteiger partial charge in [-0.25, -0.2) is 4.39 Å². The number of allylic oxidation sites excluding steroid dienone is 1. The number of hydrogen-bond donors (Lipinski definition) is 2. The topological polar surface area (TPSA) is 40.5 Å². The molecule has 0 aliphatic heterocycles. The number of aliphatic hydroxyl groups is 2. The Morgan fingerprint density at radius 1 is 1.07 bits per heavy atom. The first kappa shape index (κ1) is 21.6. The lowest BCUT2D eigenvalue weighted by molar-refractivity contribution is -0.311. The summed E-state index contributed by atoms with van der Waals surface area (Å²) in [6.07, 6.45) is 0.0868. The fourth-order valence-corrected chi connectivity index (χ4v) is 8.06. The molecule has 0 aromatic rings. The van der Waals surface area contributed by atoms with E-state index >= 15 is 0 Å². The highest BCUT2D eigenvalue weighted by Crippen LogP contribution is 2.68. The highest BCUT2D eigenvalue weighted by molar-refractivity contribution is 5.26. The summed E-state index contributed by atoms with van der Waals surface area (Å²) in [5.41, 5.74) is -2.66. The van der Waals surface area contributed by atoms with Crippen molar-refractivity contribution >= 4 is 0 Å². The molecular formula is C23H34F4O2. The first-order valence-electron chi connectivity index (χ1n) is 11.2. The highest BCUT2D eigenvalue weighted by Gasteiger charge is 2.70. The minimum Gasteiger partial charge on any atom is -0.393 e. The van der Waals surface area contributed by atoms with Gasteiger partial charge in [0.2, 0.25) is 0 Å². The molecule has 4 aliphatic rings. The lowest BCUT2D eigenvalue weighted by atomic mass is 9.46. The van der Waals surface area contributed by atoms with E-state index in [0.29, 0.717) is 25.2 Å². The molecule has 2 nitrogen and oxygen atoms in total. The van der Waals surface area contributed by atoms with Crippen molar-refractivity contribution in [3.63, 3.8) is 0 Å². The second-order valence-corrected chi connectivity index (χ2v) is 10.8. The average molecular weight is 419 g/mol. The Labute approximate surface area is 170 Å². The largest absolute Gasteiger partial charge is 0.420 e. The van der Waals surface area contributed by atoms with E-state index in [0.717, 1.165) is 32.6 Å². The molecule has 0 aromatic carbocycles. The summed E-state index contributed by atoms with van der Waals surface area (Å²) in [4.78, 5) is 0. The third kappa shape index (κ3) is 2.87. The summed E-state index contributed by atoms with van der Waals surface area (Å²) in [5, 5.41) is 20.7. The van der Waals surface area contributed by atoms with Gasteiger partial charge in [0, 0.05) is 5.92 Å². The number of alkyl halides is 4. The minimum atomic E-state index is -4.98. The van der Waals surface area contributed by atoms with Crippen molar-refractivity contribution in [1.82, 2.24) is 0 Å². The molecular weight excluding hydrogens is 384 g/mol. The lowest BCUT2D eigenvalue weighted by Crippen LogP contribution is -2.62. The smallest absolute Gasteiger partial charge is 0.393 e. The first-order valence-corrected chi connectivity index (χ1v) is 11.2. The molecule has 0 amide bonds. The molecule has 3 saturated carbocycles. The van der Waals surface area contributed by atoms with Crippen LogP contribution in [0.5, 0.6) is 0 Å². The molecule has 166 valence electrons. The van der Waals surface area contributed by atoms with E-state index in [9.17, 15) is 27.8 Å². The first-order chi connectivity index (χ1) is 13.4. The van der Waals surface area contributed by atoms with Crippen molar-refractivity contribution in [3.05, 3.63) is 11.6 Å². The molecule has 9 atom stereocenters. The second kappa shape index (κ2) is 6.69. The maximum atomic E-state index is 14.3. The van der Waals surface area contributed by atoms with Gasteiger partial charge in [-0.15, -0.1) is 0 Å². The van der Waals surface area contributed by atoms with Crippen molar-refractivity contribution in [2.45, 2.75) is 96.2 Å². The van der Waals surface area contributed by atoms with Gasteiger partial charge >= 0.3 is 6.18 Å². The Bertz CT molecular complexity index is 689. The van der Waals surface area contributed by atoms with E-state index in [1.807, 2.05) is 6.92 Å². The van der Waals surface area contributed by atoms with Crippen molar-refractivity contribution in [1.29, 1.82) is 0 Å². The van der Waals surface area contributed by atoms with E-state index in [2.05, 4.69) is 13.0 Å². The molecule has 0 radical (unpaired) electrons. The van der Waals surface area contributed by atoms with Gasteiger partial charge in [0.05, 0.1) is 6.10 Å². The number of fused-ring (bicyclic) bond motifs is 5. The average Bonchev–Trinajstić information content (AvgIpc) is 2.98. The zero-order valence-corrected chi connectivity index (χ0v) is 17.6. The van der Waals surface area contributed by atoms with Gasteiger partial charge in [-0.1, -0.05) is 25.5 Å². The van der Waals surface area contributed by atoms with Gasteiger partial charge < -0.3 is 10.2 Å². The molecule has 0 bridgehead atoms. The van der Waals surface area contributed by atoms with Crippen LogP contribution in [0.25, 0.3) is 0 Å². The molecule has 4 rings (SSSR count). The van der Waals surface area contributed by atoms with Crippen LogP contribution in [0.1, 0.15) is 72.1 Å². The van der Waals surface area contributed by atoms with Gasteiger partial charge in [0.15, 0.2) is 5.60 Å². The van der Waals surface area contributed by atoms with Gasteiger partial charge in [-0.05, 0) is 86.9 Å². The molecule has 4 aliphatic carbocycles. The van der Waals surface area contributed by atoms with E-state index in [4.69, 9.17) is 0 Å². The standard InChI is InChI=1S/C23H34F4O2/c1-13(24)22(29,23(25,26)27)19-7-6-17-16-5-4-14-12-15(28)8-10-20(14,2)18(16)9-11-21(17,19)3/h4,13,15-19,28-29H,5-12H2,1-3H3/t13?,15-,16-,17-,18-,19-,20-,21-,22+/m0/s1. The maximum Gasteiger partial charge on any atom is 0.420 e. The summed E-state index contributed by atoms with van der Waals surface area (Å²) in [5.74, 6) is -0.364. The van der Waals surface area contributed by atoms with Crippen molar-refractivity contribution in [2.75, 3.05) is 0 Å². The summed E-state index contributed by atoms with van der Waals surface area (Å²) in [7, 11) is 0. The summed E-state index contributed by atoms with van der Waals surface area (Å²) < 4.78 is 55.9. The molecule has 0 saturated heterocycles. The van der Waals surface area contributed by atoms with Crippen LogP contribution in [-0.4, -0.2) is 34.3 Å². The fraction of sp³-hybridized carbons (Fsp3) is 0.913. The van der Waals surface area contributed by atoms with Crippen LogP contribution in [0.4, 0.5) is 17.6 Å². The zero-order valence-electron chi connectivity index (χ0n) is 17.6. The molecule has 0 spiro atoms. The van der Waals surface area contributed by atoms with Crippen molar-refractivity contribution in [3.8, 4) is 0 Å². The molecule has 3 fully saturated rings. The zero-order chi connectivity index (χ0) is 21.4. The Kier molecular flexibility index (Phi) is 4.98. The van der Waals surface area contributed by atoms with E-state index in [1.54, 1.807) is 0 Å². The highest BCUT2D eigenvalue weighted by atomic mass is 19.4. The Balaban J connectivity index is 1.67. The van der Waals surface area contributed by atoms with Crippen LogP contribution < -0.4 is 0 Å². The SMILES string of the molecule is CC(F)[C@@](O)([C@H]1CC[C@H]2[C@@H]3CC=C4C[C@@H](O)CC[C@]4(C)[C@H]3CC[C@@]21C)C(F)(F)F. The van der Waals surface area contributed by atoms with E-state index < -0.39 is 29.3 Å². The van der Waals surface area contributed by atoms with E-state index in [1.165, 1.54) is 5.57 Å². The summed E-state index contributed by atoms with van der Waals surface area (Å²) >= 11 is 0. The van der Waals surface area contributed by atoms with Crippen molar-refractivity contribution in [2.24, 2.45) is 34.5 Å². The quantitative estimate of drug-likeness (QED) is 0.454. The van der Waals surface area contributed by atoms with Gasteiger partial charge in [0.1, 0.15) is 6.17 Å². The lowest BCUT2D eigenvalue weighted by Gasteiger charge is -2.59. The van der Waals surface area contributed by atoms with Gasteiger partial charge in [0.25, 0.3) is 0 Å². The third-order valence-corrected chi connectivity index (χ3v) is 9.67. The Hall–Kier alpha value is -0.620. The van der Waals surface area contributed by atoms with E-state index in [-0.39, 0.29) is 29.8 Å². The molecule has 29 heavy (non-hydrogen) atoms. The van der Waals surface area contributed by atoms with Crippen LogP contribution >= 0.6 is 0 Å². The molecule has 1 unspecified atom stereocenters. The normalized spacial score (nSPS) is 48.0. The predicted octanol–water partition coefficient (Wildman–Crippen LogP) is 5.58. The molecule has 6 heteroatoms. The molecule has 0 aromatic heterocycles. The van der Waals surface area contributed by atoms with Crippen molar-refractivity contribution < 1.29 is 27.8 Å². The molecule has 2 N–H and O–H groups in total. The third-order valence-electron chi connectivity index (χ3n) is 9.67. The monoisotopic (exact) mass is 418 g/mol. The van der Waals surface area contributed by atoms with Crippen LogP contribution in [0.2, 0.25) is 0 Å². The number of hydrogen-bond acceptors (Lipinski definition) is 2. The van der Waals surface area contributed by atoms with Gasteiger partial charge in [-0.2, -0.15) is 13.2 Å². The van der Waals surface area contributed by atoms with Crippen LogP contribution in [0.15, 0.2) is 11.6 Å². The summed E-state index contributed by atoms with van der Waals surface area (Å²) in [6.45, 7) is 4.99. The Morgan fingerprint density at radius 3 is 2.38 bits per heavy atom. The van der Waals surface area contributed by atoms with Crippen LogP contribution in [0.3, 0.4) is 0 Å². The van der Waals surface area contributed by atoms with Gasteiger partial charge in [-0.3, -0.25) is 0 Å². The summed E-state index contributed by atoms with van der Waals surface area (Å²) in [6, 6.07) is 0. The minimum absolute atomic E-state index is 0.00920. The maximum absolute atomic E-state index is 14.3. The number of rotatable bonds is 2. The number of halogens is 4. The predicted molar refractivity (Wildman–Crippen MR) is 103 cm³/mol.